The molecule has 86 valence electrons. The Morgan fingerprint density at radius 1 is 1.18 bits per heavy atom. The van der Waals surface area contributed by atoms with Crippen LogP contribution < -0.4 is 4.72 Å². The Hall–Kier alpha value is -1.33. The van der Waals surface area contributed by atoms with E-state index in [-0.39, 0.29) is 5.91 Å². The van der Waals surface area contributed by atoms with Crippen LogP contribution in [0.1, 0.15) is 10.4 Å². The van der Waals surface area contributed by atoms with Crippen molar-refractivity contribution in [3.8, 4) is 0 Å². The second kappa shape index (κ2) is 5.84. The highest BCUT2D eigenvalue weighted by atomic mass is 79.9. The number of aromatic nitrogens is 1. The van der Waals surface area contributed by atoms with Gasteiger partial charge in [0.05, 0.1) is 0 Å². The molecule has 2 aromatic rings. The molecule has 1 heterocycles. The molecular formula is C12H9BrN2OS. The number of pyridine rings is 1. The van der Waals surface area contributed by atoms with Crippen LogP contribution in [-0.2, 0) is 0 Å². The monoisotopic (exact) mass is 308 g/mol. The van der Waals surface area contributed by atoms with Crippen molar-refractivity contribution < 1.29 is 4.79 Å². The highest BCUT2D eigenvalue weighted by Gasteiger charge is 2.06. The lowest BCUT2D eigenvalue weighted by molar-refractivity contribution is 0.0984. The predicted molar refractivity (Wildman–Crippen MR) is 71.7 cm³/mol. The zero-order chi connectivity index (χ0) is 12.1. The van der Waals surface area contributed by atoms with E-state index in [1.165, 1.54) is 11.9 Å². The molecule has 0 aliphatic carbocycles. The number of halogens is 1. The number of nitrogens with zero attached hydrogens (tertiary/aromatic N) is 1. The van der Waals surface area contributed by atoms with Gasteiger partial charge in [-0.1, -0.05) is 12.1 Å². The van der Waals surface area contributed by atoms with Crippen molar-refractivity contribution in [3.63, 3.8) is 0 Å². The first kappa shape index (κ1) is 12.1. The van der Waals surface area contributed by atoms with Crippen molar-refractivity contribution in [2.24, 2.45) is 0 Å². The van der Waals surface area contributed by atoms with E-state index in [0.717, 1.165) is 9.37 Å². The molecule has 0 bridgehead atoms. The summed E-state index contributed by atoms with van der Waals surface area (Å²) in [6.45, 7) is 0. The Kier molecular flexibility index (Phi) is 4.17. The van der Waals surface area contributed by atoms with Gasteiger partial charge in [0, 0.05) is 27.3 Å². The molecule has 0 radical (unpaired) electrons. The van der Waals surface area contributed by atoms with Crippen molar-refractivity contribution in [1.29, 1.82) is 0 Å². The zero-order valence-electron chi connectivity index (χ0n) is 8.76. The molecule has 2 rings (SSSR count). The van der Waals surface area contributed by atoms with E-state index in [1.54, 1.807) is 24.5 Å². The van der Waals surface area contributed by atoms with E-state index in [0.29, 0.717) is 5.56 Å². The van der Waals surface area contributed by atoms with Gasteiger partial charge in [0.1, 0.15) is 0 Å². The molecule has 0 aliphatic heterocycles. The number of amides is 1. The summed E-state index contributed by atoms with van der Waals surface area (Å²) >= 11 is 4.70. The quantitative estimate of drug-likeness (QED) is 0.885. The molecular weight excluding hydrogens is 300 g/mol. The van der Waals surface area contributed by atoms with Gasteiger partial charge in [-0.05, 0) is 52.1 Å². The molecule has 0 spiro atoms. The lowest BCUT2D eigenvalue weighted by atomic mass is 10.3. The molecule has 0 atom stereocenters. The number of carbonyl (C=O) groups excluding carboxylic acids is 1. The minimum atomic E-state index is -0.131. The molecule has 5 heteroatoms. The van der Waals surface area contributed by atoms with Gasteiger partial charge in [0.15, 0.2) is 0 Å². The van der Waals surface area contributed by atoms with E-state index in [2.05, 4.69) is 25.6 Å². The maximum absolute atomic E-state index is 11.8. The Labute approximate surface area is 112 Å². The first-order valence-electron chi connectivity index (χ1n) is 4.89. The van der Waals surface area contributed by atoms with Crippen molar-refractivity contribution in [2.75, 3.05) is 0 Å². The van der Waals surface area contributed by atoms with Gasteiger partial charge in [0.25, 0.3) is 5.91 Å². The third kappa shape index (κ3) is 3.31. The van der Waals surface area contributed by atoms with Gasteiger partial charge in [0.2, 0.25) is 0 Å². The summed E-state index contributed by atoms with van der Waals surface area (Å²) in [4.78, 5) is 16.6. The number of benzene rings is 1. The molecule has 0 aliphatic rings. The van der Waals surface area contributed by atoms with Crippen LogP contribution in [0.5, 0.6) is 0 Å². The number of carbonyl (C=O) groups is 1. The highest BCUT2D eigenvalue weighted by molar-refractivity contribution is 9.10. The van der Waals surface area contributed by atoms with Crippen LogP contribution in [0.3, 0.4) is 0 Å². The normalized spacial score (nSPS) is 9.94. The van der Waals surface area contributed by atoms with E-state index in [1.807, 2.05) is 24.3 Å². The van der Waals surface area contributed by atoms with E-state index in [4.69, 9.17) is 0 Å². The topological polar surface area (TPSA) is 42.0 Å². The van der Waals surface area contributed by atoms with Gasteiger partial charge < -0.3 is 0 Å². The minimum Gasteiger partial charge on any atom is -0.292 e. The smallest absolute Gasteiger partial charge is 0.261 e. The third-order valence-electron chi connectivity index (χ3n) is 2.03. The van der Waals surface area contributed by atoms with Crippen molar-refractivity contribution >= 4 is 33.8 Å². The van der Waals surface area contributed by atoms with Gasteiger partial charge in [-0.2, -0.15) is 0 Å². The first-order valence-corrected chi connectivity index (χ1v) is 6.50. The number of nitrogens with one attached hydrogen (secondary N) is 1. The van der Waals surface area contributed by atoms with Crippen LogP contribution in [-0.4, -0.2) is 10.9 Å². The SMILES string of the molecule is O=C(NSc1ccccc1Br)c1ccncc1. The summed E-state index contributed by atoms with van der Waals surface area (Å²) in [6, 6.07) is 11.1. The average molecular weight is 309 g/mol. The maximum atomic E-state index is 11.8. The van der Waals surface area contributed by atoms with Crippen LogP contribution in [0.4, 0.5) is 0 Å². The summed E-state index contributed by atoms with van der Waals surface area (Å²) in [5.41, 5.74) is 0.597. The second-order valence-electron chi connectivity index (χ2n) is 3.20. The maximum Gasteiger partial charge on any atom is 0.261 e. The van der Waals surface area contributed by atoms with Gasteiger partial charge >= 0.3 is 0 Å². The average Bonchev–Trinajstić information content (AvgIpc) is 2.38. The molecule has 1 amide bonds. The molecule has 0 saturated heterocycles. The van der Waals surface area contributed by atoms with Gasteiger partial charge in [-0.15, -0.1) is 0 Å². The van der Waals surface area contributed by atoms with E-state index >= 15 is 0 Å². The van der Waals surface area contributed by atoms with Crippen LogP contribution in [0.2, 0.25) is 0 Å². The summed E-state index contributed by atoms with van der Waals surface area (Å²) in [5.74, 6) is -0.131. The van der Waals surface area contributed by atoms with E-state index in [9.17, 15) is 4.79 Å². The van der Waals surface area contributed by atoms with Crippen LogP contribution >= 0.6 is 27.9 Å². The predicted octanol–water partition coefficient (Wildman–Crippen LogP) is 3.28. The fraction of sp³-hybridized carbons (Fsp3) is 0. The minimum absolute atomic E-state index is 0.131. The fourth-order valence-electron chi connectivity index (χ4n) is 1.19. The van der Waals surface area contributed by atoms with Gasteiger partial charge in [-0.3, -0.25) is 14.5 Å². The number of hydrogen-bond donors (Lipinski definition) is 1. The third-order valence-corrected chi connectivity index (χ3v) is 3.85. The molecule has 1 N–H and O–H groups in total. The second-order valence-corrected chi connectivity index (χ2v) is 4.90. The van der Waals surface area contributed by atoms with Crippen molar-refractivity contribution in [3.05, 3.63) is 58.8 Å². The molecule has 0 fully saturated rings. The lowest BCUT2D eigenvalue weighted by Gasteiger charge is -2.05. The molecule has 0 unspecified atom stereocenters. The Morgan fingerprint density at radius 3 is 2.59 bits per heavy atom. The first-order chi connectivity index (χ1) is 8.27. The lowest BCUT2D eigenvalue weighted by Crippen LogP contribution is -2.15. The number of hydrogen-bond acceptors (Lipinski definition) is 3. The van der Waals surface area contributed by atoms with E-state index < -0.39 is 0 Å². The highest BCUT2D eigenvalue weighted by Crippen LogP contribution is 2.24. The summed E-state index contributed by atoms with van der Waals surface area (Å²) < 4.78 is 3.73. The summed E-state index contributed by atoms with van der Waals surface area (Å²) in [5, 5.41) is 0. The Bertz CT molecular complexity index is 519. The summed E-state index contributed by atoms with van der Waals surface area (Å²) in [6.07, 6.45) is 3.19. The zero-order valence-corrected chi connectivity index (χ0v) is 11.2. The van der Waals surface area contributed by atoms with Crippen LogP contribution in [0, 0.1) is 0 Å². The standard InChI is InChI=1S/C12H9BrN2OS/c13-10-3-1-2-4-11(10)17-15-12(16)9-5-7-14-8-6-9/h1-8H,(H,15,16). The van der Waals surface area contributed by atoms with Crippen molar-refractivity contribution in [2.45, 2.75) is 4.90 Å². The molecule has 17 heavy (non-hydrogen) atoms. The Balaban J connectivity index is 2.00. The van der Waals surface area contributed by atoms with Crippen molar-refractivity contribution in [1.82, 2.24) is 9.71 Å². The van der Waals surface area contributed by atoms with Crippen LogP contribution in [0.15, 0.2) is 58.2 Å². The fourth-order valence-corrected chi connectivity index (χ4v) is 2.35. The van der Waals surface area contributed by atoms with Gasteiger partial charge in [-0.25, -0.2) is 0 Å². The summed E-state index contributed by atoms with van der Waals surface area (Å²) in [7, 11) is 0. The Morgan fingerprint density at radius 2 is 1.88 bits per heavy atom. The number of rotatable bonds is 3. The van der Waals surface area contributed by atoms with Crippen LogP contribution in [0.25, 0.3) is 0 Å². The largest absolute Gasteiger partial charge is 0.292 e. The molecule has 0 saturated carbocycles. The molecule has 1 aromatic heterocycles. The molecule has 3 nitrogen and oxygen atoms in total. The molecule has 1 aromatic carbocycles.